The van der Waals surface area contributed by atoms with Gasteiger partial charge in [-0.2, -0.15) is 0 Å². The van der Waals surface area contributed by atoms with Gasteiger partial charge in [0.1, 0.15) is 30.4 Å². The maximum Gasteiger partial charge on any atom is 0.194 e. The second kappa shape index (κ2) is 13.4. The van der Waals surface area contributed by atoms with Crippen LogP contribution in [0.2, 0.25) is 0 Å². The molecule has 2 aliphatic carbocycles. The van der Waals surface area contributed by atoms with E-state index in [-0.39, 0.29) is 5.78 Å². The van der Waals surface area contributed by atoms with E-state index in [1.807, 2.05) is 78.9 Å². The van der Waals surface area contributed by atoms with Crippen LogP contribution in [0, 0.1) is 0 Å². The third-order valence-corrected chi connectivity index (χ3v) is 6.25. The second-order valence-electron chi connectivity index (χ2n) is 8.68. The molecule has 0 unspecified atom stereocenters. The number of ketones is 1. The Labute approximate surface area is 237 Å². The summed E-state index contributed by atoms with van der Waals surface area (Å²) in [7, 11) is 10.0. The highest BCUT2D eigenvalue weighted by Gasteiger charge is 2.27. The lowest BCUT2D eigenvalue weighted by Gasteiger charge is -2.06. The summed E-state index contributed by atoms with van der Waals surface area (Å²) in [5.41, 5.74) is 8.07. The van der Waals surface area contributed by atoms with Gasteiger partial charge in [0, 0.05) is 44.8 Å². The van der Waals surface area contributed by atoms with Crippen LogP contribution in [0.1, 0.15) is 27.0 Å². The first-order chi connectivity index (χ1) is 19.6. The number of fused-ring (bicyclic) bond motifs is 6. The Morgan fingerprint density at radius 2 is 1.10 bits per heavy atom. The fourth-order valence-electron chi connectivity index (χ4n) is 4.63. The van der Waals surface area contributed by atoms with E-state index in [0.29, 0.717) is 24.7 Å². The van der Waals surface area contributed by atoms with Crippen LogP contribution < -0.4 is 9.47 Å². The Bertz CT molecular complexity index is 1580. The molecule has 2 aliphatic rings. The number of benzene rings is 4. The van der Waals surface area contributed by atoms with Crippen molar-refractivity contribution in [3.05, 3.63) is 132 Å². The van der Waals surface area contributed by atoms with E-state index in [1.54, 1.807) is 18.2 Å². The van der Waals surface area contributed by atoms with Gasteiger partial charge in [-0.1, -0.05) is 79.0 Å². The molecular formula is C32H25B3NO4. The zero-order valence-electron chi connectivity index (χ0n) is 21.9. The molecule has 5 radical (unpaired) electrons. The van der Waals surface area contributed by atoms with Gasteiger partial charge in [-0.15, -0.1) is 0 Å². The van der Waals surface area contributed by atoms with E-state index in [0.717, 1.165) is 57.3 Å². The standard InChI is InChI=1S/C16H13NO2.C16H12O2.B3/c1-2-9-19-11-7-8-13-12-5-3-4-6-14(12)16(17-18)15(13)10-11;1-2-9-18-11-7-8-13-12-5-3-4-6-14(12)16(17)15(13)10-11;1-3-2/h2-8,10,18H,1,9H2;2-8,10H,1,9H2;. The zero-order valence-corrected chi connectivity index (χ0v) is 21.9. The van der Waals surface area contributed by atoms with Crippen LogP contribution in [0.25, 0.3) is 22.3 Å². The van der Waals surface area contributed by atoms with Gasteiger partial charge in [-0.3, -0.25) is 4.79 Å². The highest BCUT2D eigenvalue weighted by atomic mass is 16.5. The Kier molecular flexibility index (Phi) is 9.47. The molecule has 0 fully saturated rings. The van der Waals surface area contributed by atoms with Crippen LogP contribution >= 0.6 is 0 Å². The van der Waals surface area contributed by atoms with Gasteiger partial charge in [-0.25, -0.2) is 0 Å². The molecule has 0 amide bonds. The van der Waals surface area contributed by atoms with Crippen molar-refractivity contribution in [2.75, 3.05) is 13.2 Å². The Morgan fingerprint density at radius 3 is 1.62 bits per heavy atom. The normalized spacial score (nSPS) is 12.3. The Morgan fingerprint density at radius 1 is 0.675 bits per heavy atom. The maximum atomic E-state index is 12.2. The first-order valence-corrected chi connectivity index (χ1v) is 12.5. The summed E-state index contributed by atoms with van der Waals surface area (Å²) in [5, 5.41) is 12.7. The maximum absolute atomic E-state index is 12.2. The number of ether oxygens (including phenoxy) is 2. The molecule has 5 nitrogen and oxygen atoms in total. The molecule has 8 heteroatoms. The molecule has 1 N–H and O–H groups in total. The van der Waals surface area contributed by atoms with Gasteiger partial charge < -0.3 is 14.7 Å². The van der Waals surface area contributed by atoms with Crippen LogP contribution in [0.4, 0.5) is 0 Å². The molecule has 0 atom stereocenters. The largest absolute Gasteiger partial charge is 0.490 e. The van der Waals surface area contributed by atoms with E-state index in [4.69, 9.17) is 9.47 Å². The molecule has 0 heterocycles. The lowest BCUT2D eigenvalue weighted by Crippen LogP contribution is -1.99. The third kappa shape index (κ3) is 5.81. The third-order valence-electron chi connectivity index (χ3n) is 6.25. The SMILES string of the molecule is C=CCOc1ccc2c(c1)C(=NO)c1ccccc1-2.C=CCOc1ccc2c(c1)C(=O)c1ccccc1-2.[B][B][B]. The van der Waals surface area contributed by atoms with Crippen molar-refractivity contribution in [1.29, 1.82) is 0 Å². The van der Waals surface area contributed by atoms with Gasteiger partial charge in [-0.05, 0) is 58.7 Å². The highest BCUT2D eigenvalue weighted by molar-refractivity contribution is 7.17. The number of hydrogen-bond acceptors (Lipinski definition) is 5. The Balaban J connectivity index is 0.000000169. The first-order valence-electron chi connectivity index (χ1n) is 12.5. The fourth-order valence-corrected chi connectivity index (χ4v) is 4.63. The minimum Gasteiger partial charge on any atom is -0.490 e. The van der Waals surface area contributed by atoms with E-state index >= 15 is 0 Å². The molecule has 0 aromatic heterocycles. The average molecular weight is 520 g/mol. The number of hydrogen-bond donors (Lipinski definition) is 1. The quantitative estimate of drug-likeness (QED) is 0.131. The van der Waals surface area contributed by atoms with Crippen LogP contribution in [0.3, 0.4) is 0 Å². The predicted octanol–water partition coefficient (Wildman–Crippen LogP) is 5.78. The number of rotatable bonds is 6. The summed E-state index contributed by atoms with van der Waals surface area (Å²) in [5.74, 6) is 1.52. The molecule has 0 saturated carbocycles. The van der Waals surface area contributed by atoms with Crippen LogP contribution in [-0.4, -0.2) is 52.5 Å². The fraction of sp³-hybridized carbons (Fsp3) is 0.0625. The van der Waals surface area contributed by atoms with Gasteiger partial charge in [0.05, 0.1) is 0 Å². The van der Waals surface area contributed by atoms with Crippen molar-refractivity contribution in [1.82, 2.24) is 0 Å². The minimum atomic E-state index is 0.0738. The van der Waals surface area contributed by atoms with E-state index in [1.165, 1.54) is 0 Å². The average Bonchev–Trinajstić information content (AvgIpc) is 3.46. The molecule has 40 heavy (non-hydrogen) atoms. The van der Waals surface area contributed by atoms with Crippen molar-refractivity contribution in [3.63, 3.8) is 0 Å². The van der Waals surface area contributed by atoms with Crippen molar-refractivity contribution in [2.24, 2.45) is 5.16 Å². The number of nitrogens with zero attached hydrogens (tertiary/aromatic N) is 1. The van der Waals surface area contributed by atoms with Gasteiger partial charge in [0.2, 0.25) is 0 Å². The van der Waals surface area contributed by atoms with Crippen LogP contribution in [0.15, 0.2) is 115 Å². The number of oxime groups is 1. The molecular weight excluding hydrogens is 495 g/mol. The van der Waals surface area contributed by atoms with Gasteiger partial charge in [0.25, 0.3) is 0 Å². The number of carbonyl (C=O) groups excluding carboxylic acids is 1. The Hall–Kier alpha value is -4.71. The van der Waals surface area contributed by atoms with Crippen molar-refractivity contribution < 1.29 is 19.5 Å². The zero-order chi connectivity index (χ0) is 28.5. The first kappa shape index (κ1) is 28.3. The molecule has 4 aromatic carbocycles. The van der Waals surface area contributed by atoms with Gasteiger partial charge >= 0.3 is 0 Å². The van der Waals surface area contributed by atoms with Gasteiger partial charge in [0.15, 0.2) is 5.78 Å². The second-order valence-corrected chi connectivity index (χ2v) is 8.68. The minimum absolute atomic E-state index is 0.0738. The van der Waals surface area contributed by atoms with Crippen LogP contribution in [0.5, 0.6) is 11.5 Å². The van der Waals surface area contributed by atoms with E-state index < -0.39 is 0 Å². The summed E-state index contributed by atoms with van der Waals surface area (Å²) < 4.78 is 11.0. The summed E-state index contributed by atoms with van der Waals surface area (Å²) in [6.07, 6.45) is 3.38. The molecule has 191 valence electrons. The summed E-state index contributed by atoms with van der Waals surface area (Å²) >= 11 is 0. The molecule has 4 aromatic rings. The smallest absolute Gasteiger partial charge is 0.194 e. The number of carbonyl (C=O) groups is 1. The molecule has 6 rings (SSSR count). The van der Waals surface area contributed by atoms with Crippen molar-refractivity contribution in [3.8, 4) is 33.8 Å². The molecule has 0 saturated heterocycles. The van der Waals surface area contributed by atoms with E-state index in [2.05, 4.69) is 33.8 Å². The lowest BCUT2D eigenvalue weighted by atomic mass is 9.40. The summed E-state index contributed by atoms with van der Waals surface area (Å²) in [4.78, 5) is 12.2. The summed E-state index contributed by atoms with van der Waals surface area (Å²) in [6, 6.07) is 27.0. The van der Waals surface area contributed by atoms with Crippen molar-refractivity contribution >= 4 is 34.0 Å². The molecule has 0 aliphatic heterocycles. The summed E-state index contributed by atoms with van der Waals surface area (Å²) in [6.45, 7) is 8.13. The topological polar surface area (TPSA) is 68.1 Å². The molecule has 0 bridgehead atoms. The highest BCUT2D eigenvalue weighted by Crippen LogP contribution is 2.39. The van der Waals surface area contributed by atoms with Crippen molar-refractivity contribution in [2.45, 2.75) is 0 Å². The molecule has 0 spiro atoms. The van der Waals surface area contributed by atoms with Crippen LogP contribution in [-0.2, 0) is 0 Å². The van der Waals surface area contributed by atoms with E-state index in [9.17, 15) is 10.0 Å². The predicted molar refractivity (Wildman–Crippen MR) is 163 cm³/mol. The monoisotopic (exact) mass is 520 g/mol. The lowest BCUT2D eigenvalue weighted by molar-refractivity contribution is 0.104.